The summed E-state index contributed by atoms with van der Waals surface area (Å²) in [5.41, 5.74) is 0.704. The highest BCUT2D eigenvalue weighted by Crippen LogP contribution is 2.26. The number of para-hydroxylation sites is 1. The fraction of sp³-hybridized carbons (Fsp3) is 0.316. The van der Waals surface area contributed by atoms with Gasteiger partial charge in [-0.15, -0.1) is 0 Å². The number of aromatic nitrogens is 1. The van der Waals surface area contributed by atoms with Gasteiger partial charge in [0.25, 0.3) is 0 Å². The van der Waals surface area contributed by atoms with Crippen molar-refractivity contribution in [3.05, 3.63) is 57.6 Å². The first-order valence-electron chi connectivity index (χ1n) is 8.58. The first-order valence-corrected chi connectivity index (χ1v) is 8.95. The number of ketones is 1. The third-order valence-corrected chi connectivity index (χ3v) is 5.19. The van der Waals surface area contributed by atoms with Crippen LogP contribution in [0.15, 0.2) is 30.3 Å². The summed E-state index contributed by atoms with van der Waals surface area (Å²) in [5.74, 6) is -1.71. The van der Waals surface area contributed by atoms with Crippen molar-refractivity contribution in [3.63, 3.8) is 0 Å². The normalized spacial score (nSPS) is 20.4. The van der Waals surface area contributed by atoms with Crippen LogP contribution in [0.5, 0.6) is 0 Å². The fourth-order valence-electron chi connectivity index (χ4n) is 3.40. The van der Waals surface area contributed by atoms with Crippen LogP contribution < -0.4 is 10.4 Å². The first-order chi connectivity index (χ1) is 13.4. The molecule has 0 fully saturated rings. The number of fused-ring (bicyclic) bond motifs is 1. The molecule has 0 amide bonds. The molecule has 0 bridgehead atoms. The molecule has 0 saturated heterocycles. The summed E-state index contributed by atoms with van der Waals surface area (Å²) in [7, 11) is 1.46. The second kappa shape index (κ2) is 8.20. The molecule has 2 aromatic rings. The number of Topliss-reactive ketones (excluding diaryl/α,β-unsaturated/α-hetero) is 1. The number of benzene rings is 1. The van der Waals surface area contributed by atoms with Gasteiger partial charge in [0.1, 0.15) is 16.9 Å². The van der Waals surface area contributed by atoms with Crippen molar-refractivity contribution in [2.75, 3.05) is 19.0 Å². The Bertz CT molecular complexity index is 949. The maximum absolute atomic E-state index is 14.3. The maximum atomic E-state index is 14.3. The molecule has 28 heavy (non-hydrogen) atoms. The van der Waals surface area contributed by atoms with E-state index >= 15 is 0 Å². The van der Waals surface area contributed by atoms with Crippen LogP contribution in [0.4, 0.5) is 15.9 Å². The third-order valence-electron chi connectivity index (χ3n) is 4.90. The van der Waals surface area contributed by atoms with Gasteiger partial charge < -0.3 is 20.3 Å². The molecule has 1 aliphatic rings. The Kier molecular flexibility index (Phi) is 5.91. The van der Waals surface area contributed by atoms with Gasteiger partial charge in [-0.3, -0.25) is 4.79 Å². The second-order valence-electron chi connectivity index (χ2n) is 6.59. The van der Waals surface area contributed by atoms with Gasteiger partial charge in [0, 0.05) is 19.1 Å². The quantitative estimate of drug-likeness (QED) is 0.564. The van der Waals surface area contributed by atoms with E-state index in [1.807, 2.05) is 0 Å². The molecule has 0 saturated carbocycles. The number of nitrogens with one attached hydrogen (secondary N) is 2. The van der Waals surface area contributed by atoms with Gasteiger partial charge in [-0.25, -0.2) is 9.37 Å². The smallest absolute Gasteiger partial charge is 0.226 e. The average Bonchev–Trinajstić information content (AvgIpc) is 2.94. The van der Waals surface area contributed by atoms with E-state index in [1.165, 1.54) is 7.11 Å². The zero-order chi connectivity index (χ0) is 20.4. The number of methoxy groups -OCH3 is 1. The Morgan fingerprint density at radius 1 is 1.50 bits per heavy atom. The van der Waals surface area contributed by atoms with Gasteiger partial charge in [0.2, 0.25) is 5.78 Å². The third kappa shape index (κ3) is 3.57. The number of anilines is 1. The Morgan fingerprint density at radius 2 is 2.21 bits per heavy atom. The van der Waals surface area contributed by atoms with E-state index in [0.29, 0.717) is 11.3 Å². The van der Waals surface area contributed by atoms with Gasteiger partial charge in [-0.1, -0.05) is 30.7 Å². The summed E-state index contributed by atoms with van der Waals surface area (Å²) in [5, 5.41) is 24.2. The molecule has 0 radical (unpaired) electrons. The molecule has 2 heterocycles. The van der Waals surface area contributed by atoms with Crippen LogP contribution in [0.25, 0.3) is 0 Å². The summed E-state index contributed by atoms with van der Waals surface area (Å²) < 4.78 is 19.5. The van der Waals surface area contributed by atoms with Crippen molar-refractivity contribution >= 4 is 28.9 Å². The van der Waals surface area contributed by atoms with E-state index < -0.39 is 23.8 Å². The monoisotopic (exact) mass is 404 g/mol. The standard InChI is InChI=1S/C19H18ClFN4O3/c1-10(16-17(26)12-5-3-4-6-15(12)25(16)27)14(9-28-2)23-19-13(21)7-11(8-22)18(20)24-19/h3-7,10,14,16,25H,9H2,1-2H3,(H,23,24)/t10-,14+,16?/m0/s1. The van der Waals surface area contributed by atoms with Gasteiger partial charge in [0.15, 0.2) is 17.7 Å². The summed E-state index contributed by atoms with van der Waals surface area (Å²) in [6.45, 7) is 1.83. The maximum Gasteiger partial charge on any atom is 0.226 e. The minimum atomic E-state index is -0.901. The second-order valence-corrected chi connectivity index (χ2v) is 6.94. The molecular weight excluding hydrogens is 387 g/mol. The number of nitrogens with zero attached hydrogens (tertiary/aromatic N) is 2. The van der Waals surface area contributed by atoms with Crippen LogP contribution in [0.3, 0.4) is 0 Å². The van der Waals surface area contributed by atoms with Crippen LogP contribution >= 0.6 is 11.6 Å². The van der Waals surface area contributed by atoms with Crippen molar-refractivity contribution in [1.82, 2.24) is 4.98 Å². The SMILES string of the molecule is COC[C@@H](Nc1nc(Cl)c(C#N)cc1F)[C@H](C)C1C(=O)c2ccccc2[NH+]1[O-]. The van der Waals surface area contributed by atoms with Crippen molar-refractivity contribution in [1.29, 1.82) is 5.26 Å². The number of quaternary nitrogens is 1. The number of hydrogen-bond donors (Lipinski definition) is 2. The molecule has 1 aliphatic heterocycles. The van der Waals surface area contributed by atoms with Crippen LogP contribution in [0.1, 0.15) is 22.8 Å². The van der Waals surface area contributed by atoms with Crippen molar-refractivity contribution in [3.8, 4) is 6.07 Å². The Morgan fingerprint density at radius 3 is 2.86 bits per heavy atom. The van der Waals surface area contributed by atoms with E-state index in [1.54, 1.807) is 37.3 Å². The fourth-order valence-corrected chi connectivity index (χ4v) is 3.58. The number of hydrogen-bond acceptors (Lipinski definition) is 6. The molecule has 4 atom stereocenters. The molecule has 2 N–H and O–H groups in total. The molecule has 146 valence electrons. The number of halogens is 2. The molecule has 1 aromatic heterocycles. The topological polar surface area (TPSA) is 103 Å². The lowest BCUT2D eigenvalue weighted by molar-refractivity contribution is -0.795. The summed E-state index contributed by atoms with van der Waals surface area (Å²) in [4.78, 5) is 16.7. The first kappa shape index (κ1) is 20.2. The zero-order valence-electron chi connectivity index (χ0n) is 15.2. The number of carbonyl (C=O) groups is 1. The van der Waals surface area contributed by atoms with E-state index in [4.69, 9.17) is 21.6 Å². The van der Waals surface area contributed by atoms with E-state index in [2.05, 4.69) is 10.3 Å². The summed E-state index contributed by atoms with van der Waals surface area (Å²) in [6.07, 6.45) is 0. The predicted octanol–water partition coefficient (Wildman–Crippen LogP) is 2.09. The summed E-state index contributed by atoms with van der Waals surface area (Å²) >= 11 is 5.90. The van der Waals surface area contributed by atoms with Crippen molar-refractivity contribution in [2.24, 2.45) is 5.92 Å². The van der Waals surface area contributed by atoms with Gasteiger partial charge in [-0.2, -0.15) is 5.26 Å². The number of hydroxylamine groups is 1. The molecule has 3 rings (SSSR count). The largest absolute Gasteiger partial charge is 0.628 e. The van der Waals surface area contributed by atoms with Gasteiger partial charge in [0.05, 0.1) is 23.8 Å². The van der Waals surface area contributed by atoms with Crippen LogP contribution in [-0.4, -0.2) is 36.6 Å². The molecule has 0 aliphatic carbocycles. The number of pyridine rings is 1. The molecule has 1 aromatic carbocycles. The lowest BCUT2D eigenvalue weighted by Crippen LogP contribution is -3.07. The molecule has 0 spiro atoms. The highest BCUT2D eigenvalue weighted by molar-refractivity contribution is 6.30. The van der Waals surface area contributed by atoms with Crippen LogP contribution in [0, 0.1) is 28.3 Å². The average molecular weight is 405 g/mol. The zero-order valence-corrected chi connectivity index (χ0v) is 16.0. The molecule has 9 heteroatoms. The minimum Gasteiger partial charge on any atom is -0.628 e. The summed E-state index contributed by atoms with van der Waals surface area (Å²) in [6, 6.07) is 7.91. The Labute approximate surface area is 166 Å². The number of carbonyl (C=O) groups excluding carboxylic acids is 1. The van der Waals surface area contributed by atoms with Crippen molar-refractivity contribution < 1.29 is 19.0 Å². The molecule has 2 unspecified atom stereocenters. The van der Waals surface area contributed by atoms with Gasteiger partial charge >= 0.3 is 0 Å². The Hall–Kier alpha value is -2.57. The minimum absolute atomic E-state index is 0.0855. The van der Waals surface area contributed by atoms with Crippen molar-refractivity contribution in [2.45, 2.75) is 19.0 Å². The predicted molar refractivity (Wildman–Crippen MR) is 101 cm³/mol. The molecular formula is C19H18ClFN4O3. The highest BCUT2D eigenvalue weighted by Gasteiger charge is 2.44. The highest BCUT2D eigenvalue weighted by atomic mass is 35.5. The van der Waals surface area contributed by atoms with E-state index in [-0.39, 0.29) is 34.0 Å². The Balaban J connectivity index is 1.88. The van der Waals surface area contributed by atoms with Crippen LogP contribution in [0.2, 0.25) is 5.15 Å². The number of nitriles is 1. The van der Waals surface area contributed by atoms with Gasteiger partial charge in [-0.05, 0) is 12.1 Å². The number of rotatable bonds is 6. The van der Waals surface area contributed by atoms with E-state index in [9.17, 15) is 14.4 Å². The number of ether oxygens (including phenoxy) is 1. The van der Waals surface area contributed by atoms with Crippen LogP contribution in [-0.2, 0) is 4.74 Å². The lowest BCUT2D eigenvalue weighted by atomic mass is 9.90. The van der Waals surface area contributed by atoms with E-state index in [0.717, 1.165) is 6.07 Å². The lowest BCUT2D eigenvalue weighted by Gasteiger charge is -2.33. The molecule has 7 nitrogen and oxygen atoms in total.